The van der Waals surface area contributed by atoms with E-state index in [4.69, 9.17) is 22.1 Å². The van der Waals surface area contributed by atoms with Crippen LogP contribution >= 0.6 is 11.6 Å². The van der Waals surface area contributed by atoms with E-state index in [1.165, 1.54) is 0 Å². The van der Waals surface area contributed by atoms with Gasteiger partial charge < -0.3 is 15.8 Å². The van der Waals surface area contributed by atoms with Crippen molar-refractivity contribution in [2.45, 2.75) is 13.3 Å². The Kier molecular flexibility index (Phi) is 3.03. The summed E-state index contributed by atoms with van der Waals surface area (Å²) in [5, 5.41) is 3.46. The van der Waals surface area contributed by atoms with Gasteiger partial charge in [-0.05, 0) is 42.3 Å². The SMILES string of the molecule is Cc1cc(Oc2cc3c(cc2N)CC(=O)N3)ccc1Cl. The summed E-state index contributed by atoms with van der Waals surface area (Å²) >= 11 is 5.98. The molecule has 0 saturated carbocycles. The number of ether oxygens (including phenoxy) is 1. The molecule has 1 heterocycles. The maximum atomic E-state index is 11.4. The Bertz CT molecular complexity index is 713. The number of halogens is 1. The Morgan fingerprint density at radius 2 is 2.10 bits per heavy atom. The van der Waals surface area contributed by atoms with Crippen molar-refractivity contribution < 1.29 is 9.53 Å². The number of carbonyl (C=O) groups is 1. The minimum absolute atomic E-state index is 0.0288. The number of fused-ring (bicyclic) bond motifs is 1. The molecule has 0 saturated heterocycles. The number of hydrogen-bond donors (Lipinski definition) is 2. The fraction of sp³-hybridized carbons (Fsp3) is 0.133. The van der Waals surface area contributed by atoms with Crippen LogP contribution in [0.5, 0.6) is 11.5 Å². The van der Waals surface area contributed by atoms with Crippen molar-refractivity contribution in [2.24, 2.45) is 0 Å². The van der Waals surface area contributed by atoms with Gasteiger partial charge in [0.2, 0.25) is 5.91 Å². The fourth-order valence-electron chi connectivity index (χ4n) is 2.17. The molecule has 0 radical (unpaired) electrons. The standard InChI is InChI=1S/C15H13ClN2O2/c1-8-4-10(2-3-11(8)16)20-14-7-13-9(5-12(14)17)6-15(19)18-13/h2-5,7H,6,17H2,1H3,(H,18,19). The van der Waals surface area contributed by atoms with Crippen molar-refractivity contribution in [3.05, 3.63) is 46.5 Å². The number of anilines is 2. The van der Waals surface area contributed by atoms with Crippen LogP contribution in [0.4, 0.5) is 11.4 Å². The van der Waals surface area contributed by atoms with Crippen molar-refractivity contribution in [2.75, 3.05) is 11.1 Å². The molecule has 0 unspecified atom stereocenters. The van der Waals surface area contributed by atoms with Gasteiger partial charge in [0.1, 0.15) is 5.75 Å². The minimum atomic E-state index is -0.0288. The molecule has 4 nitrogen and oxygen atoms in total. The van der Waals surface area contributed by atoms with E-state index in [1.807, 2.05) is 13.0 Å². The zero-order valence-electron chi connectivity index (χ0n) is 10.9. The number of nitrogens with one attached hydrogen (secondary N) is 1. The lowest BCUT2D eigenvalue weighted by atomic mass is 10.1. The highest BCUT2D eigenvalue weighted by molar-refractivity contribution is 6.31. The number of benzene rings is 2. The van der Waals surface area contributed by atoms with Gasteiger partial charge in [-0.15, -0.1) is 0 Å². The largest absolute Gasteiger partial charge is 0.455 e. The average molecular weight is 289 g/mol. The van der Waals surface area contributed by atoms with E-state index in [0.717, 1.165) is 16.8 Å². The highest BCUT2D eigenvalue weighted by Gasteiger charge is 2.20. The molecule has 0 fully saturated rings. The third kappa shape index (κ3) is 2.30. The molecule has 0 spiro atoms. The molecule has 0 atom stereocenters. The second-order valence-corrected chi connectivity index (χ2v) is 5.19. The number of aryl methyl sites for hydroxylation is 1. The van der Waals surface area contributed by atoms with Crippen LogP contribution in [0, 0.1) is 6.92 Å². The number of amides is 1. The summed E-state index contributed by atoms with van der Waals surface area (Å²) in [5.74, 6) is 1.15. The van der Waals surface area contributed by atoms with Crippen LogP contribution in [-0.2, 0) is 11.2 Å². The Balaban J connectivity index is 1.93. The molecule has 0 aliphatic carbocycles. The lowest BCUT2D eigenvalue weighted by Gasteiger charge is -2.11. The van der Waals surface area contributed by atoms with Gasteiger partial charge in [0, 0.05) is 16.8 Å². The van der Waals surface area contributed by atoms with E-state index < -0.39 is 0 Å². The summed E-state index contributed by atoms with van der Waals surface area (Å²) in [6, 6.07) is 8.91. The summed E-state index contributed by atoms with van der Waals surface area (Å²) in [6.45, 7) is 1.90. The van der Waals surface area contributed by atoms with Crippen LogP contribution in [0.2, 0.25) is 5.02 Å². The smallest absolute Gasteiger partial charge is 0.228 e. The lowest BCUT2D eigenvalue weighted by molar-refractivity contribution is -0.115. The quantitative estimate of drug-likeness (QED) is 0.831. The van der Waals surface area contributed by atoms with Gasteiger partial charge in [0.05, 0.1) is 12.1 Å². The first-order valence-electron chi connectivity index (χ1n) is 6.19. The van der Waals surface area contributed by atoms with E-state index in [2.05, 4.69) is 5.32 Å². The van der Waals surface area contributed by atoms with Gasteiger partial charge in [0.15, 0.2) is 5.75 Å². The van der Waals surface area contributed by atoms with Crippen LogP contribution in [0.1, 0.15) is 11.1 Å². The number of nitrogens with two attached hydrogens (primary N) is 1. The van der Waals surface area contributed by atoms with Gasteiger partial charge in [-0.25, -0.2) is 0 Å². The second-order valence-electron chi connectivity index (χ2n) is 4.79. The van der Waals surface area contributed by atoms with Crippen LogP contribution in [0.3, 0.4) is 0 Å². The van der Waals surface area contributed by atoms with Crippen LogP contribution in [0.15, 0.2) is 30.3 Å². The maximum Gasteiger partial charge on any atom is 0.228 e. The molecule has 2 aromatic rings. The summed E-state index contributed by atoms with van der Waals surface area (Å²) < 4.78 is 5.77. The molecule has 102 valence electrons. The third-order valence-corrected chi connectivity index (χ3v) is 3.64. The number of hydrogen-bond acceptors (Lipinski definition) is 3. The number of rotatable bonds is 2. The van der Waals surface area contributed by atoms with Gasteiger partial charge in [0.25, 0.3) is 0 Å². The minimum Gasteiger partial charge on any atom is -0.455 e. The molecule has 1 aliphatic heterocycles. The van der Waals surface area contributed by atoms with Crippen LogP contribution in [-0.4, -0.2) is 5.91 Å². The highest BCUT2D eigenvalue weighted by atomic mass is 35.5. The summed E-state index contributed by atoms with van der Waals surface area (Å²) in [7, 11) is 0. The fourth-order valence-corrected chi connectivity index (χ4v) is 2.29. The topological polar surface area (TPSA) is 64.3 Å². The molecular weight excluding hydrogens is 276 g/mol. The van der Waals surface area contributed by atoms with Crippen LogP contribution in [0.25, 0.3) is 0 Å². The van der Waals surface area contributed by atoms with Crippen molar-refractivity contribution >= 4 is 28.9 Å². The number of nitrogen functional groups attached to an aromatic ring is 1. The molecular formula is C15H13ClN2O2. The normalized spacial score (nSPS) is 13.0. The van der Waals surface area contributed by atoms with E-state index in [9.17, 15) is 4.79 Å². The monoisotopic (exact) mass is 288 g/mol. The average Bonchev–Trinajstić information content (AvgIpc) is 2.73. The molecule has 3 N–H and O–H groups in total. The zero-order chi connectivity index (χ0) is 14.3. The molecule has 5 heteroatoms. The Morgan fingerprint density at radius 1 is 1.30 bits per heavy atom. The Hall–Kier alpha value is -2.20. The van der Waals surface area contributed by atoms with Gasteiger partial charge in [-0.2, -0.15) is 0 Å². The van der Waals surface area contributed by atoms with Crippen molar-refractivity contribution in [1.82, 2.24) is 0 Å². The predicted octanol–water partition coefficient (Wildman–Crippen LogP) is 3.52. The van der Waals surface area contributed by atoms with Crippen LogP contribution < -0.4 is 15.8 Å². The summed E-state index contributed by atoms with van der Waals surface area (Å²) in [4.78, 5) is 11.4. The van der Waals surface area contributed by atoms with Gasteiger partial charge in [-0.1, -0.05) is 11.6 Å². The van der Waals surface area contributed by atoms with E-state index in [1.54, 1.807) is 24.3 Å². The molecule has 3 rings (SSSR count). The number of carbonyl (C=O) groups excluding carboxylic acids is 1. The molecule has 0 bridgehead atoms. The molecule has 20 heavy (non-hydrogen) atoms. The zero-order valence-corrected chi connectivity index (χ0v) is 11.6. The predicted molar refractivity (Wildman–Crippen MR) is 79.5 cm³/mol. The van der Waals surface area contributed by atoms with E-state index in [-0.39, 0.29) is 5.91 Å². The first kappa shape index (κ1) is 12.8. The first-order chi connectivity index (χ1) is 9.52. The van der Waals surface area contributed by atoms with Crippen molar-refractivity contribution in [3.63, 3.8) is 0 Å². The molecule has 0 aromatic heterocycles. The Labute approximate surface area is 121 Å². The summed E-state index contributed by atoms with van der Waals surface area (Å²) in [6.07, 6.45) is 0.361. The van der Waals surface area contributed by atoms with E-state index >= 15 is 0 Å². The van der Waals surface area contributed by atoms with Gasteiger partial charge >= 0.3 is 0 Å². The molecule has 1 aliphatic rings. The first-order valence-corrected chi connectivity index (χ1v) is 6.57. The van der Waals surface area contributed by atoms with Crippen molar-refractivity contribution in [3.8, 4) is 11.5 Å². The third-order valence-electron chi connectivity index (χ3n) is 3.22. The second kappa shape index (κ2) is 4.72. The molecule has 1 amide bonds. The van der Waals surface area contributed by atoms with Gasteiger partial charge in [-0.3, -0.25) is 4.79 Å². The Morgan fingerprint density at radius 3 is 2.85 bits per heavy atom. The summed E-state index contributed by atoms with van der Waals surface area (Å²) in [5.41, 5.74) is 9.05. The lowest BCUT2D eigenvalue weighted by Crippen LogP contribution is -2.03. The van der Waals surface area contributed by atoms with E-state index in [0.29, 0.717) is 28.6 Å². The van der Waals surface area contributed by atoms with Crippen molar-refractivity contribution in [1.29, 1.82) is 0 Å². The maximum absolute atomic E-state index is 11.4. The molecule has 2 aromatic carbocycles. The highest BCUT2D eigenvalue weighted by Crippen LogP contribution is 2.36.